The average Bonchev–Trinajstić information content (AvgIpc) is 2.39. The van der Waals surface area contributed by atoms with Crippen LogP contribution in [0.25, 0.3) is 0 Å². The zero-order valence-corrected chi connectivity index (χ0v) is 8.37. The van der Waals surface area contributed by atoms with Gasteiger partial charge in [-0.3, -0.25) is 4.79 Å². The van der Waals surface area contributed by atoms with Crippen molar-refractivity contribution in [2.75, 3.05) is 13.1 Å². The van der Waals surface area contributed by atoms with Gasteiger partial charge < -0.3 is 14.4 Å². The maximum absolute atomic E-state index is 10.8. The molecule has 4 nitrogen and oxygen atoms in total. The van der Waals surface area contributed by atoms with E-state index in [4.69, 9.17) is 21.1 Å². The summed E-state index contributed by atoms with van der Waals surface area (Å²) in [6, 6.07) is 0. The van der Waals surface area contributed by atoms with Crippen molar-refractivity contribution >= 4 is 17.0 Å². The molecule has 2 saturated heterocycles. The monoisotopic (exact) mass is 205 g/mol. The van der Waals surface area contributed by atoms with Crippen LogP contribution < -0.4 is 0 Å². The maximum atomic E-state index is 10.8. The number of ether oxygens (including phenoxy) is 2. The van der Waals surface area contributed by atoms with Crippen LogP contribution >= 0.6 is 11.6 Å². The summed E-state index contributed by atoms with van der Waals surface area (Å²) in [5.74, 6) is -0.517. The number of carbonyl (C=O) groups is 1. The first-order chi connectivity index (χ1) is 5.98. The quantitative estimate of drug-likeness (QED) is 0.440. The van der Waals surface area contributed by atoms with E-state index in [0.717, 1.165) is 0 Å². The van der Waals surface area contributed by atoms with E-state index in [1.165, 1.54) is 4.90 Å². The Morgan fingerprint density at radius 3 is 2.23 bits per heavy atom. The van der Waals surface area contributed by atoms with Crippen molar-refractivity contribution in [3.8, 4) is 0 Å². The third-order valence-electron chi connectivity index (χ3n) is 2.33. The van der Waals surface area contributed by atoms with Crippen LogP contribution in [-0.2, 0) is 9.47 Å². The number of rotatable bonds is 0. The van der Waals surface area contributed by atoms with Crippen LogP contribution in [0.2, 0.25) is 0 Å². The molecule has 2 aliphatic rings. The smallest absolute Gasteiger partial charge is 0.316 e. The summed E-state index contributed by atoms with van der Waals surface area (Å²) in [4.78, 5) is 12.4. The van der Waals surface area contributed by atoms with Gasteiger partial charge in [-0.05, 0) is 25.4 Å². The van der Waals surface area contributed by atoms with E-state index >= 15 is 0 Å². The van der Waals surface area contributed by atoms with Gasteiger partial charge in [0.15, 0.2) is 5.79 Å². The molecular weight excluding hydrogens is 194 g/mol. The molecular formula is C8H12ClNO3. The lowest BCUT2D eigenvalue weighted by Crippen LogP contribution is -2.31. The molecule has 0 N–H and O–H groups in total. The minimum Gasteiger partial charge on any atom is -0.343 e. The van der Waals surface area contributed by atoms with Crippen molar-refractivity contribution in [2.24, 2.45) is 0 Å². The van der Waals surface area contributed by atoms with Gasteiger partial charge in [-0.1, -0.05) is 0 Å². The van der Waals surface area contributed by atoms with Gasteiger partial charge in [-0.15, -0.1) is 0 Å². The highest BCUT2D eigenvalue weighted by molar-refractivity contribution is 6.62. The molecule has 0 saturated carbocycles. The van der Waals surface area contributed by atoms with E-state index in [1.54, 1.807) is 0 Å². The fraction of sp³-hybridized carbons (Fsp3) is 0.875. The Kier molecular flexibility index (Phi) is 2.02. The normalized spacial score (nSPS) is 36.4. The predicted octanol–water partition coefficient (Wildman–Crippen LogP) is 1.18. The number of hydrogen-bond donors (Lipinski definition) is 0. The number of halogens is 1. The number of likely N-dealkylation sites (tertiary alicyclic amines) is 1. The van der Waals surface area contributed by atoms with Crippen LogP contribution in [0.15, 0.2) is 0 Å². The Bertz CT molecular complexity index is 228. The second kappa shape index (κ2) is 2.83. The summed E-state index contributed by atoms with van der Waals surface area (Å²) in [5, 5.41) is -0.431. The Morgan fingerprint density at radius 1 is 1.38 bits per heavy atom. The standard InChI is InChI=1S/C8H12ClNO3/c1-8(2)12-5-3-10(7(9)11)4-6(5)13-8/h5-6H,3-4H2,1-2H3/t5-,6+. The molecule has 13 heavy (non-hydrogen) atoms. The summed E-state index contributed by atoms with van der Waals surface area (Å²) in [6.45, 7) is 4.82. The van der Waals surface area contributed by atoms with E-state index in [9.17, 15) is 4.79 Å². The molecule has 0 aromatic rings. The number of carbonyl (C=O) groups excluding carboxylic acids is 1. The van der Waals surface area contributed by atoms with Gasteiger partial charge in [0, 0.05) is 0 Å². The Labute approximate surface area is 81.7 Å². The lowest BCUT2D eigenvalue weighted by Gasteiger charge is -2.21. The van der Waals surface area contributed by atoms with E-state index in [0.29, 0.717) is 13.1 Å². The van der Waals surface area contributed by atoms with Crippen molar-refractivity contribution in [1.82, 2.24) is 4.90 Å². The second-order valence-electron chi connectivity index (χ2n) is 3.87. The van der Waals surface area contributed by atoms with Gasteiger partial charge in [-0.2, -0.15) is 0 Å². The Morgan fingerprint density at radius 2 is 1.85 bits per heavy atom. The van der Waals surface area contributed by atoms with Gasteiger partial charge in [0.25, 0.3) is 0 Å². The Balaban J connectivity index is 2.01. The first-order valence-corrected chi connectivity index (χ1v) is 4.66. The highest BCUT2D eigenvalue weighted by Gasteiger charge is 2.47. The molecule has 5 heteroatoms. The molecule has 2 fully saturated rings. The molecule has 0 bridgehead atoms. The van der Waals surface area contributed by atoms with Crippen molar-refractivity contribution in [2.45, 2.75) is 31.8 Å². The van der Waals surface area contributed by atoms with E-state index in [1.807, 2.05) is 13.8 Å². The summed E-state index contributed by atoms with van der Waals surface area (Å²) in [7, 11) is 0. The minimum absolute atomic E-state index is 0.0160. The van der Waals surface area contributed by atoms with Crippen LogP contribution in [0.1, 0.15) is 13.8 Å². The molecule has 74 valence electrons. The number of amides is 1. The molecule has 2 atom stereocenters. The highest BCUT2D eigenvalue weighted by Crippen LogP contribution is 2.33. The molecule has 2 heterocycles. The number of hydrogen-bond acceptors (Lipinski definition) is 3. The summed E-state index contributed by atoms with van der Waals surface area (Å²) in [6.07, 6.45) is -0.0320. The largest absolute Gasteiger partial charge is 0.343 e. The topological polar surface area (TPSA) is 38.8 Å². The Hall–Kier alpha value is -0.320. The van der Waals surface area contributed by atoms with Crippen LogP contribution in [0.4, 0.5) is 4.79 Å². The molecule has 0 aromatic heterocycles. The predicted molar refractivity (Wildman–Crippen MR) is 46.6 cm³/mol. The first-order valence-electron chi connectivity index (χ1n) is 4.28. The third kappa shape index (κ3) is 1.66. The molecule has 0 unspecified atom stereocenters. The van der Waals surface area contributed by atoms with Gasteiger partial charge in [0.05, 0.1) is 13.1 Å². The van der Waals surface area contributed by atoms with E-state index in [-0.39, 0.29) is 12.2 Å². The summed E-state index contributed by atoms with van der Waals surface area (Å²) in [5.41, 5.74) is 0. The number of fused-ring (bicyclic) bond motifs is 1. The molecule has 0 radical (unpaired) electrons. The molecule has 1 amide bonds. The van der Waals surface area contributed by atoms with E-state index in [2.05, 4.69) is 0 Å². The molecule has 0 aliphatic carbocycles. The summed E-state index contributed by atoms with van der Waals surface area (Å²) < 4.78 is 11.2. The molecule has 2 rings (SSSR count). The molecule has 0 aromatic carbocycles. The van der Waals surface area contributed by atoms with Gasteiger partial charge >= 0.3 is 5.37 Å². The minimum atomic E-state index is -0.517. The molecule has 2 aliphatic heterocycles. The van der Waals surface area contributed by atoms with Crippen LogP contribution in [0.5, 0.6) is 0 Å². The SMILES string of the molecule is CC1(C)O[C@H]2CN(C(=O)Cl)C[C@H]2O1. The lowest BCUT2D eigenvalue weighted by molar-refractivity contribution is -0.153. The number of nitrogens with zero attached hydrogens (tertiary/aromatic N) is 1. The fourth-order valence-corrected chi connectivity index (χ4v) is 2.01. The van der Waals surface area contributed by atoms with Crippen molar-refractivity contribution in [3.63, 3.8) is 0 Å². The first kappa shape index (κ1) is 9.24. The third-order valence-corrected chi connectivity index (χ3v) is 2.57. The van der Waals surface area contributed by atoms with Crippen LogP contribution in [0, 0.1) is 0 Å². The average molecular weight is 206 g/mol. The molecule has 0 spiro atoms. The maximum Gasteiger partial charge on any atom is 0.316 e. The van der Waals surface area contributed by atoms with Gasteiger partial charge in [-0.25, -0.2) is 0 Å². The zero-order chi connectivity index (χ0) is 9.64. The zero-order valence-electron chi connectivity index (χ0n) is 7.62. The van der Waals surface area contributed by atoms with Gasteiger partial charge in [0.2, 0.25) is 0 Å². The lowest BCUT2D eigenvalue weighted by atomic mass is 10.3. The van der Waals surface area contributed by atoms with Crippen molar-refractivity contribution in [3.05, 3.63) is 0 Å². The van der Waals surface area contributed by atoms with Crippen molar-refractivity contribution in [1.29, 1.82) is 0 Å². The second-order valence-corrected chi connectivity index (χ2v) is 4.19. The summed E-state index contributed by atoms with van der Waals surface area (Å²) >= 11 is 5.34. The van der Waals surface area contributed by atoms with Crippen LogP contribution in [-0.4, -0.2) is 41.4 Å². The van der Waals surface area contributed by atoms with Gasteiger partial charge in [0.1, 0.15) is 12.2 Å². The van der Waals surface area contributed by atoms with Crippen LogP contribution in [0.3, 0.4) is 0 Å². The van der Waals surface area contributed by atoms with E-state index < -0.39 is 11.2 Å². The highest BCUT2D eigenvalue weighted by atomic mass is 35.5. The fourth-order valence-electron chi connectivity index (χ4n) is 1.87. The van der Waals surface area contributed by atoms with Crippen molar-refractivity contribution < 1.29 is 14.3 Å².